The van der Waals surface area contributed by atoms with Crippen molar-refractivity contribution in [2.24, 2.45) is 0 Å². The van der Waals surface area contributed by atoms with E-state index in [0.29, 0.717) is 16.7 Å². The molecule has 0 amide bonds. The number of carboxylic acid groups (broad SMARTS) is 1. The molecule has 2 rings (SSSR count). The molecule has 0 atom stereocenters. The molecule has 3 nitrogen and oxygen atoms in total. The van der Waals surface area contributed by atoms with Gasteiger partial charge in [0.25, 0.3) is 0 Å². The third kappa shape index (κ3) is 4.06. The first kappa shape index (κ1) is 14.5. The van der Waals surface area contributed by atoms with Crippen molar-refractivity contribution in [3.05, 3.63) is 63.9 Å². The van der Waals surface area contributed by atoms with Crippen molar-refractivity contribution in [3.63, 3.8) is 0 Å². The first-order valence-corrected chi connectivity index (χ1v) is 6.82. The molecule has 2 aromatic carbocycles. The van der Waals surface area contributed by atoms with Gasteiger partial charge in [-0.2, -0.15) is 0 Å². The van der Waals surface area contributed by atoms with Crippen LogP contribution < -0.4 is 5.32 Å². The molecule has 0 saturated heterocycles. The van der Waals surface area contributed by atoms with Crippen LogP contribution in [0.25, 0.3) is 0 Å². The highest BCUT2D eigenvalue weighted by Crippen LogP contribution is 2.19. The van der Waals surface area contributed by atoms with Crippen LogP contribution in [-0.4, -0.2) is 11.1 Å². The molecule has 0 fully saturated rings. The Balaban J connectivity index is 1.96. The van der Waals surface area contributed by atoms with Crippen molar-refractivity contribution in [1.82, 2.24) is 0 Å². The molecule has 0 aliphatic rings. The van der Waals surface area contributed by atoms with E-state index in [9.17, 15) is 9.18 Å². The predicted octanol–water partition coefficient (Wildman–Crippen LogP) is 3.83. The molecule has 0 spiro atoms. The number of aliphatic carboxylic acids is 1. The minimum Gasteiger partial charge on any atom is -0.481 e. The minimum absolute atomic E-state index is 0.0195. The Labute approximate surface area is 124 Å². The van der Waals surface area contributed by atoms with E-state index < -0.39 is 5.97 Å². The summed E-state index contributed by atoms with van der Waals surface area (Å²) in [5.41, 5.74) is 2.46. The van der Waals surface area contributed by atoms with Gasteiger partial charge in [-0.1, -0.05) is 24.3 Å². The summed E-state index contributed by atoms with van der Waals surface area (Å²) in [5, 5.41) is 11.8. The van der Waals surface area contributed by atoms with Crippen LogP contribution in [-0.2, 0) is 17.8 Å². The predicted molar refractivity (Wildman–Crippen MR) is 79.2 cm³/mol. The van der Waals surface area contributed by atoms with Crippen molar-refractivity contribution in [3.8, 4) is 0 Å². The van der Waals surface area contributed by atoms with Gasteiger partial charge in [0.15, 0.2) is 0 Å². The highest BCUT2D eigenvalue weighted by molar-refractivity contribution is 9.10. The number of rotatable bonds is 5. The molecule has 20 heavy (non-hydrogen) atoms. The van der Waals surface area contributed by atoms with Gasteiger partial charge in [-0.15, -0.1) is 0 Å². The van der Waals surface area contributed by atoms with Crippen molar-refractivity contribution in [2.75, 3.05) is 5.32 Å². The lowest BCUT2D eigenvalue weighted by Crippen LogP contribution is -2.02. The van der Waals surface area contributed by atoms with Gasteiger partial charge in [0.05, 0.1) is 10.9 Å². The van der Waals surface area contributed by atoms with Crippen molar-refractivity contribution >= 4 is 27.6 Å². The quantitative estimate of drug-likeness (QED) is 0.871. The van der Waals surface area contributed by atoms with Gasteiger partial charge < -0.3 is 10.4 Å². The fraction of sp³-hybridized carbons (Fsp3) is 0.133. The smallest absolute Gasteiger partial charge is 0.307 e. The van der Waals surface area contributed by atoms with E-state index in [4.69, 9.17) is 5.11 Å². The summed E-state index contributed by atoms with van der Waals surface area (Å²) in [6, 6.07) is 12.1. The Morgan fingerprint density at radius 2 is 1.80 bits per heavy atom. The molecule has 0 saturated carbocycles. The molecule has 104 valence electrons. The Bertz CT molecular complexity index is 614. The van der Waals surface area contributed by atoms with Gasteiger partial charge in [-0.05, 0) is 45.3 Å². The maximum atomic E-state index is 13.3. The van der Waals surface area contributed by atoms with Crippen LogP contribution in [0, 0.1) is 5.82 Å². The highest BCUT2D eigenvalue weighted by Gasteiger charge is 2.02. The second kappa shape index (κ2) is 6.52. The summed E-state index contributed by atoms with van der Waals surface area (Å²) in [7, 11) is 0. The van der Waals surface area contributed by atoms with Crippen LogP contribution in [0.4, 0.5) is 10.1 Å². The second-order valence-corrected chi connectivity index (χ2v) is 5.22. The van der Waals surface area contributed by atoms with E-state index in [1.54, 1.807) is 24.3 Å². The van der Waals surface area contributed by atoms with Gasteiger partial charge in [-0.3, -0.25) is 4.79 Å². The Kier molecular flexibility index (Phi) is 4.74. The molecule has 0 heterocycles. The largest absolute Gasteiger partial charge is 0.481 e. The van der Waals surface area contributed by atoms with E-state index in [2.05, 4.69) is 21.2 Å². The number of anilines is 1. The van der Waals surface area contributed by atoms with Crippen LogP contribution in [0.3, 0.4) is 0 Å². The molecule has 0 radical (unpaired) electrons. The van der Waals surface area contributed by atoms with Crippen LogP contribution in [0.5, 0.6) is 0 Å². The van der Waals surface area contributed by atoms with Crippen LogP contribution in [0.2, 0.25) is 0 Å². The molecule has 2 N–H and O–H groups in total. The molecule has 5 heteroatoms. The molecular formula is C15H13BrFNO2. The summed E-state index contributed by atoms with van der Waals surface area (Å²) in [5.74, 6) is -1.16. The van der Waals surface area contributed by atoms with Crippen LogP contribution in [0.1, 0.15) is 11.1 Å². The zero-order chi connectivity index (χ0) is 14.5. The Hall–Kier alpha value is -1.88. The average molecular weight is 338 g/mol. The van der Waals surface area contributed by atoms with E-state index in [1.807, 2.05) is 12.1 Å². The molecular weight excluding hydrogens is 325 g/mol. The van der Waals surface area contributed by atoms with Crippen LogP contribution >= 0.6 is 15.9 Å². The van der Waals surface area contributed by atoms with Gasteiger partial charge in [0, 0.05) is 12.2 Å². The third-order valence-corrected chi connectivity index (χ3v) is 3.44. The number of benzene rings is 2. The van der Waals surface area contributed by atoms with E-state index >= 15 is 0 Å². The summed E-state index contributed by atoms with van der Waals surface area (Å²) in [6.07, 6.45) is 0.0195. The highest BCUT2D eigenvalue weighted by atomic mass is 79.9. The number of hydrogen-bond donors (Lipinski definition) is 2. The number of nitrogens with one attached hydrogen (secondary N) is 1. The zero-order valence-electron chi connectivity index (χ0n) is 10.6. The van der Waals surface area contributed by atoms with Gasteiger partial charge in [0.2, 0.25) is 0 Å². The number of carbonyl (C=O) groups is 1. The third-order valence-electron chi connectivity index (χ3n) is 2.79. The van der Waals surface area contributed by atoms with E-state index in [0.717, 1.165) is 11.1 Å². The van der Waals surface area contributed by atoms with Gasteiger partial charge in [-0.25, -0.2) is 4.39 Å². The molecule has 0 aromatic heterocycles. The lowest BCUT2D eigenvalue weighted by molar-refractivity contribution is -0.136. The van der Waals surface area contributed by atoms with Crippen molar-refractivity contribution in [1.29, 1.82) is 0 Å². The normalized spacial score (nSPS) is 10.3. The first-order chi connectivity index (χ1) is 9.54. The van der Waals surface area contributed by atoms with Crippen LogP contribution in [0.15, 0.2) is 46.9 Å². The molecule has 0 bridgehead atoms. The average Bonchev–Trinajstić information content (AvgIpc) is 2.41. The van der Waals surface area contributed by atoms with Crippen molar-refractivity contribution < 1.29 is 14.3 Å². The molecule has 0 unspecified atom stereocenters. The van der Waals surface area contributed by atoms with Gasteiger partial charge >= 0.3 is 5.97 Å². The standard InChI is InChI=1S/C15H13BrFNO2/c16-13-6-5-12(8-14(13)17)18-9-11-3-1-10(2-4-11)7-15(19)20/h1-6,8,18H,7,9H2,(H,19,20). The summed E-state index contributed by atoms with van der Waals surface area (Å²) < 4.78 is 13.8. The SMILES string of the molecule is O=C(O)Cc1ccc(CNc2ccc(Br)c(F)c2)cc1. The molecule has 0 aliphatic heterocycles. The molecule has 2 aromatic rings. The number of carboxylic acids is 1. The number of hydrogen-bond acceptors (Lipinski definition) is 2. The van der Waals surface area contributed by atoms with Gasteiger partial charge in [0.1, 0.15) is 5.82 Å². The second-order valence-electron chi connectivity index (χ2n) is 4.37. The lowest BCUT2D eigenvalue weighted by atomic mass is 10.1. The Morgan fingerprint density at radius 1 is 1.15 bits per heavy atom. The number of halogens is 2. The monoisotopic (exact) mass is 337 g/mol. The lowest BCUT2D eigenvalue weighted by Gasteiger charge is -2.08. The fourth-order valence-electron chi connectivity index (χ4n) is 1.76. The zero-order valence-corrected chi connectivity index (χ0v) is 12.2. The van der Waals surface area contributed by atoms with Crippen molar-refractivity contribution in [2.45, 2.75) is 13.0 Å². The summed E-state index contributed by atoms with van der Waals surface area (Å²) in [6.45, 7) is 0.550. The maximum absolute atomic E-state index is 13.3. The van der Waals surface area contributed by atoms with E-state index in [-0.39, 0.29) is 12.2 Å². The Morgan fingerprint density at radius 3 is 2.40 bits per heavy atom. The first-order valence-electron chi connectivity index (χ1n) is 6.03. The topological polar surface area (TPSA) is 49.3 Å². The maximum Gasteiger partial charge on any atom is 0.307 e. The summed E-state index contributed by atoms with van der Waals surface area (Å²) in [4.78, 5) is 10.6. The molecule has 0 aliphatic carbocycles. The van der Waals surface area contributed by atoms with E-state index in [1.165, 1.54) is 6.07 Å². The fourth-order valence-corrected chi connectivity index (χ4v) is 2.01. The minimum atomic E-state index is -0.846. The summed E-state index contributed by atoms with van der Waals surface area (Å²) >= 11 is 3.10.